The van der Waals surface area contributed by atoms with E-state index in [4.69, 9.17) is 5.73 Å². The minimum absolute atomic E-state index is 0.134. The van der Waals surface area contributed by atoms with Gasteiger partial charge in [-0.25, -0.2) is 0 Å². The maximum Gasteiger partial charge on any atom is 0.0722 e. The third kappa shape index (κ3) is 3.56. The molecule has 2 nitrogen and oxygen atoms in total. The van der Waals surface area contributed by atoms with Crippen molar-refractivity contribution in [2.24, 2.45) is 17.6 Å². The van der Waals surface area contributed by atoms with Crippen molar-refractivity contribution < 1.29 is 5.11 Å². The van der Waals surface area contributed by atoms with E-state index in [-0.39, 0.29) is 12.1 Å². The minimum Gasteiger partial charge on any atom is -0.391 e. The van der Waals surface area contributed by atoms with Crippen molar-refractivity contribution in [2.75, 3.05) is 0 Å². The number of hydrogen-bond acceptors (Lipinski definition) is 2. The third-order valence-corrected chi connectivity index (χ3v) is 4.30. The van der Waals surface area contributed by atoms with Gasteiger partial charge >= 0.3 is 0 Å². The van der Waals surface area contributed by atoms with Gasteiger partial charge in [0.15, 0.2) is 0 Å². The van der Waals surface area contributed by atoms with Crippen LogP contribution in [0.25, 0.3) is 0 Å². The zero-order chi connectivity index (χ0) is 13.0. The van der Waals surface area contributed by atoms with Crippen LogP contribution in [-0.2, 0) is 6.42 Å². The monoisotopic (exact) mass is 247 g/mol. The quantitative estimate of drug-likeness (QED) is 0.859. The van der Waals surface area contributed by atoms with Gasteiger partial charge in [0.1, 0.15) is 0 Å². The van der Waals surface area contributed by atoms with Crippen LogP contribution in [0.5, 0.6) is 0 Å². The molecule has 18 heavy (non-hydrogen) atoms. The summed E-state index contributed by atoms with van der Waals surface area (Å²) >= 11 is 0. The predicted molar refractivity (Wildman–Crippen MR) is 75.3 cm³/mol. The fourth-order valence-electron chi connectivity index (χ4n) is 2.98. The second-order valence-electron chi connectivity index (χ2n) is 5.86. The summed E-state index contributed by atoms with van der Waals surface area (Å²) in [6.45, 7) is 2.30. The van der Waals surface area contributed by atoms with E-state index in [2.05, 4.69) is 19.1 Å². The lowest BCUT2D eigenvalue weighted by Gasteiger charge is -2.32. The maximum atomic E-state index is 10.4. The van der Waals surface area contributed by atoms with Crippen molar-refractivity contribution in [2.45, 2.75) is 51.2 Å². The van der Waals surface area contributed by atoms with Gasteiger partial charge < -0.3 is 10.8 Å². The molecule has 0 aliphatic heterocycles. The molecule has 2 rings (SSSR count). The van der Waals surface area contributed by atoms with E-state index in [0.29, 0.717) is 5.92 Å². The largest absolute Gasteiger partial charge is 0.391 e. The first-order chi connectivity index (χ1) is 8.66. The van der Waals surface area contributed by atoms with Gasteiger partial charge in [0.05, 0.1) is 6.10 Å². The van der Waals surface area contributed by atoms with E-state index < -0.39 is 0 Å². The molecule has 0 bridgehead atoms. The van der Waals surface area contributed by atoms with Gasteiger partial charge in [-0.2, -0.15) is 0 Å². The molecule has 0 aromatic heterocycles. The first-order valence-corrected chi connectivity index (χ1v) is 7.14. The summed E-state index contributed by atoms with van der Waals surface area (Å²) < 4.78 is 0. The van der Waals surface area contributed by atoms with E-state index in [0.717, 1.165) is 25.2 Å². The average Bonchev–Trinajstić information content (AvgIpc) is 2.40. The number of hydrogen-bond donors (Lipinski definition) is 2. The molecule has 2 heteroatoms. The van der Waals surface area contributed by atoms with Gasteiger partial charge in [-0.3, -0.25) is 0 Å². The van der Waals surface area contributed by atoms with E-state index in [1.807, 2.05) is 18.2 Å². The van der Waals surface area contributed by atoms with Gasteiger partial charge in [-0.15, -0.1) is 0 Å². The molecule has 2 unspecified atom stereocenters. The van der Waals surface area contributed by atoms with Crippen LogP contribution in [0.2, 0.25) is 0 Å². The van der Waals surface area contributed by atoms with Gasteiger partial charge in [-0.1, -0.05) is 50.1 Å². The lowest BCUT2D eigenvalue weighted by atomic mass is 9.78. The lowest BCUT2D eigenvalue weighted by molar-refractivity contribution is 0.0545. The summed E-state index contributed by atoms with van der Waals surface area (Å²) in [6, 6.07) is 10.1. The highest BCUT2D eigenvalue weighted by atomic mass is 16.3. The van der Waals surface area contributed by atoms with Crippen LogP contribution in [0.4, 0.5) is 0 Å². The molecule has 0 heterocycles. The minimum atomic E-state index is -0.349. The van der Waals surface area contributed by atoms with Crippen LogP contribution in [0.15, 0.2) is 30.3 Å². The molecule has 0 amide bonds. The van der Waals surface area contributed by atoms with Gasteiger partial charge in [0.2, 0.25) is 0 Å². The molecule has 100 valence electrons. The zero-order valence-corrected chi connectivity index (χ0v) is 11.3. The number of benzene rings is 1. The molecule has 1 fully saturated rings. The molecular formula is C16H25NO. The Morgan fingerprint density at radius 1 is 1.17 bits per heavy atom. The number of nitrogens with two attached hydrogens (primary N) is 1. The molecular weight excluding hydrogens is 222 g/mol. The van der Waals surface area contributed by atoms with Gasteiger partial charge in [0.25, 0.3) is 0 Å². The highest BCUT2D eigenvalue weighted by molar-refractivity contribution is 5.16. The Morgan fingerprint density at radius 2 is 1.78 bits per heavy atom. The molecule has 0 radical (unpaired) electrons. The standard InChI is InChI=1S/C16H25NO/c1-12-7-9-14(10-8-12)16(18)15(17)11-13-5-3-2-4-6-13/h2-6,12,14-16,18H,7-11,17H2,1H3. The molecule has 0 spiro atoms. The first kappa shape index (κ1) is 13.6. The maximum absolute atomic E-state index is 10.4. The fourth-order valence-corrected chi connectivity index (χ4v) is 2.98. The smallest absolute Gasteiger partial charge is 0.0722 e. The van der Waals surface area contributed by atoms with Crippen LogP contribution in [0, 0.1) is 11.8 Å². The molecule has 1 aromatic carbocycles. The Labute approximate surface area is 110 Å². The summed E-state index contributed by atoms with van der Waals surface area (Å²) in [6.07, 6.45) is 5.15. The Hall–Kier alpha value is -0.860. The van der Waals surface area contributed by atoms with Crippen molar-refractivity contribution in [3.8, 4) is 0 Å². The van der Waals surface area contributed by atoms with Crippen LogP contribution in [0.3, 0.4) is 0 Å². The van der Waals surface area contributed by atoms with Crippen LogP contribution in [-0.4, -0.2) is 17.3 Å². The number of aliphatic hydroxyl groups excluding tert-OH is 1. The van der Waals surface area contributed by atoms with E-state index in [9.17, 15) is 5.11 Å². The van der Waals surface area contributed by atoms with Crippen LogP contribution < -0.4 is 5.73 Å². The number of aliphatic hydroxyl groups is 1. The molecule has 1 aliphatic carbocycles. The normalized spacial score (nSPS) is 27.7. The Morgan fingerprint density at radius 3 is 2.39 bits per heavy atom. The van der Waals surface area contributed by atoms with E-state index in [1.54, 1.807) is 0 Å². The molecule has 2 atom stereocenters. The van der Waals surface area contributed by atoms with Crippen molar-refractivity contribution in [3.63, 3.8) is 0 Å². The second kappa shape index (κ2) is 6.35. The zero-order valence-electron chi connectivity index (χ0n) is 11.3. The molecule has 1 aromatic rings. The predicted octanol–water partition coefficient (Wildman–Crippen LogP) is 2.74. The molecule has 1 saturated carbocycles. The Kier molecular flexibility index (Phi) is 4.79. The van der Waals surface area contributed by atoms with E-state index in [1.165, 1.54) is 18.4 Å². The SMILES string of the molecule is CC1CCC(C(O)C(N)Cc2ccccc2)CC1. The van der Waals surface area contributed by atoms with E-state index >= 15 is 0 Å². The summed E-state index contributed by atoms with van der Waals surface area (Å²) in [4.78, 5) is 0. The average molecular weight is 247 g/mol. The molecule has 3 N–H and O–H groups in total. The highest BCUT2D eigenvalue weighted by Gasteiger charge is 2.28. The van der Waals surface area contributed by atoms with Gasteiger partial charge in [-0.05, 0) is 36.7 Å². The second-order valence-corrected chi connectivity index (χ2v) is 5.86. The Balaban J connectivity index is 1.86. The topological polar surface area (TPSA) is 46.2 Å². The van der Waals surface area contributed by atoms with Crippen LogP contribution in [0.1, 0.15) is 38.2 Å². The van der Waals surface area contributed by atoms with Crippen LogP contribution >= 0.6 is 0 Å². The van der Waals surface area contributed by atoms with Crippen molar-refractivity contribution in [1.82, 2.24) is 0 Å². The molecule has 1 aliphatic rings. The fraction of sp³-hybridized carbons (Fsp3) is 0.625. The molecule has 0 saturated heterocycles. The third-order valence-electron chi connectivity index (χ3n) is 4.30. The summed E-state index contributed by atoms with van der Waals surface area (Å²) in [5, 5.41) is 10.4. The van der Waals surface area contributed by atoms with Crippen molar-refractivity contribution in [1.29, 1.82) is 0 Å². The first-order valence-electron chi connectivity index (χ1n) is 7.14. The summed E-state index contributed by atoms with van der Waals surface area (Å²) in [7, 11) is 0. The van der Waals surface area contributed by atoms with Crippen molar-refractivity contribution in [3.05, 3.63) is 35.9 Å². The van der Waals surface area contributed by atoms with Crippen molar-refractivity contribution >= 4 is 0 Å². The Bertz CT molecular complexity index is 343. The summed E-state index contributed by atoms with van der Waals surface area (Å²) in [5.74, 6) is 1.22. The van der Waals surface area contributed by atoms with Gasteiger partial charge in [0, 0.05) is 6.04 Å². The number of rotatable bonds is 4. The summed E-state index contributed by atoms with van der Waals surface area (Å²) in [5.41, 5.74) is 7.38. The highest BCUT2D eigenvalue weighted by Crippen LogP contribution is 2.31. The lowest BCUT2D eigenvalue weighted by Crippen LogP contribution is -2.42.